The zero-order chi connectivity index (χ0) is 32.8. The molecule has 9 nitrogen and oxygen atoms in total. The van der Waals surface area contributed by atoms with Crippen LogP contribution < -0.4 is 29.1 Å². The molecule has 0 saturated carbocycles. The van der Waals surface area contributed by atoms with Crippen molar-refractivity contribution < 1.29 is 28.5 Å². The summed E-state index contributed by atoms with van der Waals surface area (Å²) in [6, 6.07) is 17.0. The van der Waals surface area contributed by atoms with Gasteiger partial charge in [-0.05, 0) is 50.3 Å². The molecule has 2 heterocycles. The van der Waals surface area contributed by atoms with Crippen molar-refractivity contribution in [1.29, 1.82) is 0 Å². The van der Waals surface area contributed by atoms with Crippen molar-refractivity contribution in [2.45, 2.75) is 26.5 Å². The Kier molecular flexibility index (Phi) is 10.9. The largest absolute Gasteiger partial charge is 0.493 e. The maximum absolute atomic E-state index is 14.3. The van der Waals surface area contributed by atoms with Crippen molar-refractivity contribution in [3.63, 3.8) is 0 Å². The number of methoxy groups -OCH3 is 2. The van der Waals surface area contributed by atoms with E-state index in [-0.39, 0.29) is 31.0 Å². The Morgan fingerprint density at radius 1 is 1.02 bits per heavy atom. The molecule has 1 aromatic heterocycles. The van der Waals surface area contributed by atoms with Crippen LogP contribution in [0.25, 0.3) is 6.08 Å². The number of para-hydroxylation sites is 1. The van der Waals surface area contributed by atoms with E-state index in [1.54, 1.807) is 55.5 Å². The summed E-state index contributed by atoms with van der Waals surface area (Å²) in [6.45, 7) is 4.36. The molecule has 0 fully saturated rings. The molecule has 0 unspecified atom stereocenters. The quantitative estimate of drug-likeness (QED) is 0.139. The van der Waals surface area contributed by atoms with Gasteiger partial charge in [0.25, 0.3) is 5.56 Å². The van der Waals surface area contributed by atoms with Gasteiger partial charge < -0.3 is 23.7 Å². The predicted molar refractivity (Wildman–Crippen MR) is 178 cm³/mol. The minimum Gasteiger partial charge on any atom is -0.493 e. The number of esters is 1. The first kappa shape index (κ1) is 33.3. The molecule has 0 spiro atoms. The zero-order valence-electron chi connectivity index (χ0n) is 25.7. The van der Waals surface area contributed by atoms with E-state index in [1.807, 2.05) is 25.1 Å². The van der Waals surface area contributed by atoms with Gasteiger partial charge >= 0.3 is 5.97 Å². The van der Waals surface area contributed by atoms with Crippen LogP contribution in [-0.4, -0.2) is 44.6 Å². The minimum atomic E-state index is -0.916. The first-order chi connectivity index (χ1) is 22.3. The maximum Gasteiger partial charge on any atom is 0.338 e. The highest BCUT2D eigenvalue weighted by molar-refractivity contribution is 7.07. The fourth-order valence-electron chi connectivity index (χ4n) is 5.06. The van der Waals surface area contributed by atoms with Crippen molar-refractivity contribution >= 4 is 46.6 Å². The molecular weight excluding hydrogens is 651 g/mol. The fraction of sp³-hybridized carbons (Fsp3) is 0.265. The van der Waals surface area contributed by atoms with E-state index in [4.69, 9.17) is 46.9 Å². The Bertz CT molecular complexity index is 1970. The van der Waals surface area contributed by atoms with Gasteiger partial charge in [0, 0.05) is 33.8 Å². The van der Waals surface area contributed by atoms with Crippen molar-refractivity contribution in [3.05, 3.63) is 118 Å². The third-order valence-corrected chi connectivity index (χ3v) is 8.76. The molecule has 1 aliphatic heterocycles. The summed E-state index contributed by atoms with van der Waals surface area (Å²) >= 11 is 13.9. The van der Waals surface area contributed by atoms with Crippen LogP contribution in [0.3, 0.4) is 0 Å². The van der Waals surface area contributed by atoms with Crippen molar-refractivity contribution in [2.75, 3.05) is 34.0 Å². The van der Waals surface area contributed by atoms with Gasteiger partial charge in [-0.2, -0.15) is 0 Å². The second-order valence-corrected chi connectivity index (χ2v) is 11.9. The molecule has 46 heavy (non-hydrogen) atoms. The Labute approximate surface area is 279 Å². The van der Waals surface area contributed by atoms with Gasteiger partial charge in [0.05, 0.1) is 36.1 Å². The van der Waals surface area contributed by atoms with Crippen molar-refractivity contribution in [1.82, 2.24) is 4.57 Å². The van der Waals surface area contributed by atoms with E-state index < -0.39 is 12.0 Å². The number of nitrogens with zero attached hydrogens (tertiary/aromatic N) is 2. The lowest BCUT2D eigenvalue weighted by Gasteiger charge is -2.27. The summed E-state index contributed by atoms with van der Waals surface area (Å²) in [5, 5.41) is 1.05. The molecule has 12 heteroatoms. The summed E-state index contributed by atoms with van der Waals surface area (Å²) in [4.78, 5) is 33.0. The molecule has 0 amide bonds. The van der Waals surface area contributed by atoms with Crippen LogP contribution in [0.4, 0.5) is 0 Å². The first-order valence-corrected chi connectivity index (χ1v) is 16.0. The molecule has 240 valence electrons. The summed E-state index contributed by atoms with van der Waals surface area (Å²) < 4.78 is 30.2. The third kappa shape index (κ3) is 7.00. The van der Waals surface area contributed by atoms with Crippen LogP contribution in [-0.2, 0) is 20.9 Å². The Morgan fingerprint density at radius 2 is 1.83 bits per heavy atom. The number of halogens is 2. The van der Waals surface area contributed by atoms with Crippen molar-refractivity contribution in [2.24, 2.45) is 4.99 Å². The molecule has 1 atom stereocenters. The Morgan fingerprint density at radius 3 is 2.57 bits per heavy atom. The SMILES string of the molecule is CCOc1c(OC)cccc1[C@@H]1C(C(=O)OCCOC)=C(C)N=c2s/c(=C/c3cc(Cl)ccc3OCc3ccccc3Cl)c(=O)n21. The van der Waals surface area contributed by atoms with Gasteiger partial charge in [-0.3, -0.25) is 9.36 Å². The standard InChI is InChI=1S/C34H32Cl2N2O7S/c1-5-43-31-24(10-8-12-27(31)42-4)30-29(33(40)44-16-15-41-3)20(2)37-34-38(30)32(39)28(46-34)18-22-17-23(35)13-14-26(22)45-19-21-9-6-7-11-25(21)36/h6-14,17-18,30H,5,15-16,19H2,1-4H3/b28-18+/t30-/m1/s1. The monoisotopic (exact) mass is 682 g/mol. The van der Waals surface area contributed by atoms with Crippen LogP contribution in [0.1, 0.15) is 36.6 Å². The van der Waals surface area contributed by atoms with Gasteiger partial charge in [-0.15, -0.1) is 0 Å². The number of rotatable bonds is 12. The number of benzene rings is 3. The summed E-state index contributed by atoms with van der Waals surface area (Å²) in [7, 11) is 3.05. The maximum atomic E-state index is 14.3. The second kappa shape index (κ2) is 15.0. The van der Waals surface area contributed by atoms with Crippen LogP contribution in [0, 0.1) is 0 Å². The van der Waals surface area contributed by atoms with E-state index >= 15 is 0 Å². The summed E-state index contributed by atoms with van der Waals surface area (Å²) in [6.07, 6.45) is 1.71. The Hall–Kier alpha value is -4.09. The number of hydrogen-bond donors (Lipinski definition) is 0. The molecule has 0 N–H and O–H groups in total. The van der Waals surface area contributed by atoms with E-state index in [0.29, 0.717) is 60.1 Å². The predicted octanol–water partition coefficient (Wildman–Crippen LogP) is 5.72. The zero-order valence-corrected chi connectivity index (χ0v) is 28.0. The van der Waals surface area contributed by atoms with Crippen LogP contribution in [0.2, 0.25) is 10.0 Å². The number of allylic oxidation sites excluding steroid dienone is 1. The number of ether oxygens (including phenoxy) is 5. The van der Waals surface area contributed by atoms with E-state index in [1.165, 1.54) is 30.1 Å². The van der Waals surface area contributed by atoms with Crippen LogP contribution in [0.15, 0.2) is 81.7 Å². The van der Waals surface area contributed by atoms with Gasteiger partial charge in [-0.1, -0.05) is 64.9 Å². The second-order valence-electron chi connectivity index (χ2n) is 10.1. The lowest BCUT2D eigenvalue weighted by atomic mass is 9.94. The van der Waals surface area contributed by atoms with Crippen LogP contribution >= 0.6 is 34.5 Å². The molecule has 0 bridgehead atoms. The average Bonchev–Trinajstić information content (AvgIpc) is 3.34. The smallest absolute Gasteiger partial charge is 0.338 e. The molecule has 0 radical (unpaired) electrons. The Balaban J connectivity index is 1.66. The lowest BCUT2D eigenvalue weighted by Crippen LogP contribution is -2.40. The molecule has 4 aromatic rings. The van der Waals surface area contributed by atoms with E-state index in [2.05, 4.69) is 4.99 Å². The number of fused-ring (bicyclic) bond motifs is 1. The topological polar surface area (TPSA) is 97.6 Å². The molecule has 0 aliphatic carbocycles. The van der Waals surface area contributed by atoms with Gasteiger partial charge in [-0.25, -0.2) is 9.79 Å². The highest BCUT2D eigenvalue weighted by Gasteiger charge is 2.36. The minimum absolute atomic E-state index is 0.0332. The normalized spacial score (nSPS) is 14.5. The van der Waals surface area contributed by atoms with E-state index in [0.717, 1.165) is 5.56 Å². The fourth-order valence-corrected chi connectivity index (χ4v) is 6.46. The van der Waals surface area contributed by atoms with Crippen LogP contribution in [0.5, 0.6) is 17.2 Å². The lowest BCUT2D eigenvalue weighted by molar-refractivity contribution is -0.140. The average molecular weight is 684 g/mol. The van der Waals surface area contributed by atoms with Gasteiger partial charge in [0.15, 0.2) is 16.3 Å². The molecular formula is C34H32Cl2N2O7S. The number of aromatic nitrogens is 1. The summed E-state index contributed by atoms with van der Waals surface area (Å²) in [5.74, 6) is 0.765. The number of thiazole rings is 1. The summed E-state index contributed by atoms with van der Waals surface area (Å²) in [5.41, 5.74) is 2.20. The molecule has 0 saturated heterocycles. The number of hydrogen-bond acceptors (Lipinski definition) is 9. The number of carbonyl (C=O) groups is 1. The molecule has 5 rings (SSSR count). The van der Waals surface area contributed by atoms with E-state index in [9.17, 15) is 9.59 Å². The van der Waals surface area contributed by atoms with Gasteiger partial charge in [0.2, 0.25) is 0 Å². The highest BCUT2D eigenvalue weighted by Crippen LogP contribution is 2.41. The molecule has 1 aliphatic rings. The van der Waals surface area contributed by atoms with Gasteiger partial charge in [0.1, 0.15) is 25.0 Å². The van der Waals surface area contributed by atoms with Crippen molar-refractivity contribution in [3.8, 4) is 17.2 Å². The number of carbonyl (C=O) groups excluding carboxylic acids is 1. The highest BCUT2D eigenvalue weighted by atomic mass is 35.5. The molecule has 3 aromatic carbocycles. The third-order valence-electron chi connectivity index (χ3n) is 7.17. The first-order valence-electron chi connectivity index (χ1n) is 14.4.